The van der Waals surface area contributed by atoms with Crippen molar-refractivity contribution in [1.29, 1.82) is 0 Å². The number of hydrogen-bond donors (Lipinski definition) is 4. The average Bonchev–Trinajstić information content (AvgIpc) is 3.12. The summed E-state index contributed by atoms with van der Waals surface area (Å²) < 4.78 is 0. The third-order valence-corrected chi connectivity index (χ3v) is 4.58. The maximum atomic E-state index is 12.8. The zero-order valence-corrected chi connectivity index (χ0v) is 14.5. The van der Waals surface area contributed by atoms with E-state index in [1.165, 1.54) is 6.20 Å². The van der Waals surface area contributed by atoms with E-state index < -0.39 is 5.54 Å². The van der Waals surface area contributed by atoms with Crippen LogP contribution in [0.5, 0.6) is 0 Å². The largest absolute Gasteiger partial charge is 0.384 e. The smallest absolute Gasteiger partial charge is 0.315 e. The van der Waals surface area contributed by atoms with Gasteiger partial charge in [0, 0.05) is 6.54 Å². The molecule has 0 radical (unpaired) electrons. The van der Waals surface area contributed by atoms with Crippen molar-refractivity contribution in [3.05, 3.63) is 54.2 Å². The zero-order chi connectivity index (χ0) is 18.4. The Morgan fingerprint density at radius 3 is 2.46 bits per heavy atom. The second-order valence-electron chi connectivity index (χ2n) is 6.51. The lowest BCUT2D eigenvalue weighted by Gasteiger charge is -2.29. The first-order valence-electron chi connectivity index (χ1n) is 8.70. The molecular weight excluding hydrogens is 330 g/mol. The van der Waals surface area contributed by atoms with Crippen molar-refractivity contribution in [3.63, 3.8) is 0 Å². The molecule has 1 heterocycles. The minimum Gasteiger partial charge on any atom is -0.384 e. The molecule has 1 aliphatic rings. The molecule has 2 aromatic rings. The lowest BCUT2D eigenvalue weighted by Crippen LogP contribution is -2.57. The summed E-state index contributed by atoms with van der Waals surface area (Å²) in [5, 5.41) is 8.54. The number of nitrogen functional groups attached to an aromatic ring is 1. The van der Waals surface area contributed by atoms with Crippen molar-refractivity contribution < 1.29 is 9.59 Å². The molecule has 1 aromatic heterocycles. The highest BCUT2D eigenvalue weighted by Crippen LogP contribution is 2.31. The van der Waals surface area contributed by atoms with Crippen LogP contribution < -0.4 is 21.7 Å². The van der Waals surface area contributed by atoms with E-state index >= 15 is 0 Å². The minimum atomic E-state index is -0.901. The predicted molar refractivity (Wildman–Crippen MR) is 100 cm³/mol. The monoisotopic (exact) mass is 353 g/mol. The lowest BCUT2D eigenvalue weighted by atomic mass is 9.96. The molecular formula is C19H23N5O2. The van der Waals surface area contributed by atoms with Crippen LogP contribution in [0.25, 0.3) is 0 Å². The Morgan fingerprint density at radius 1 is 1.08 bits per heavy atom. The highest BCUT2D eigenvalue weighted by molar-refractivity contribution is 6.00. The van der Waals surface area contributed by atoms with Gasteiger partial charge >= 0.3 is 6.03 Å². The lowest BCUT2D eigenvalue weighted by molar-refractivity contribution is -0.121. The van der Waals surface area contributed by atoms with E-state index in [-0.39, 0.29) is 11.9 Å². The van der Waals surface area contributed by atoms with Crippen molar-refractivity contribution in [2.75, 3.05) is 11.1 Å². The molecule has 5 N–H and O–H groups in total. The maximum absolute atomic E-state index is 12.8. The van der Waals surface area contributed by atoms with Crippen LogP contribution in [-0.4, -0.2) is 22.5 Å². The molecule has 0 bridgehead atoms. The molecule has 26 heavy (non-hydrogen) atoms. The van der Waals surface area contributed by atoms with Crippen molar-refractivity contribution in [3.8, 4) is 0 Å². The Hall–Kier alpha value is -3.09. The topological polar surface area (TPSA) is 109 Å². The number of carbonyl (C=O) groups is 2. The molecule has 1 aliphatic carbocycles. The number of carbonyl (C=O) groups excluding carboxylic acids is 2. The van der Waals surface area contributed by atoms with Crippen LogP contribution in [-0.2, 0) is 11.3 Å². The van der Waals surface area contributed by atoms with Gasteiger partial charge in [0.25, 0.3) is 0 Å². The van der Waals surface area contributed by atoms with Crippen LogP contribution in [0.4, 0.5) is 16.3 Å². The van der Waals surface area contributed by atoms with Crippen LogP contribution in [0.1, 0.15) is 31.2 Å². The van der Waals surface area contributed by atoms with Gasteiger partial charge in [-0.1, -0.05) is 43.2 Å². The molecule has 7 heteroatoms. The van der Waals surface area contributed by atoms with Gasteiger partial charge in [-0.05, 0) is 30.5 Å². The summed E-state index contributed by atoms with van der Waals surface area (Å²) in [5.74, 6) is 0.161. The normalized spacial score (nSPS) is 15.2. The van der Waals surface area contributed by atoms with Crippen molar-refractivity contribution in [2.45, 2.75) is 37.8 Å². The van der Waals surface area contributed by atoms with Crippen LogP contribution in [0.15, 0.2) is 48.7 Å². The molecule has 0 aliphatic heterocycles. The molecule has 0 atom stereocenters. The highest BCUT2D eigenvalue weighted by Gasteiger charge is 2.42. The molecule has 3 rings (SSSR count). The third kappa shape index (κ3) is 4.30. The van der Waals surface area contributed by atoms with Crippen LogP contribution in [0, 0.1) is 0 Å². The van der Waals surface area contributed by atoms with E-state index in [2.05, 4.69) is 20.9 Å². The first-order valence-corrected chi connectivity index (χ1v) is 8.70. The number of amides is 3. The quantitative estimate of drug-likeness (QED) is 0.662. The van der Waals surface area contributed by atoms with Gasteiger partial charge in [0.2, 0.25) is 5.91 Å². The Kier molecular flexibility index (Phi) is 5.36. The van der Waals surface area contributed by atoms with E-state index in [0.29, 0.717) is 30.9 Å². The first kappa shape index (κ1) is 17.7. The number of hydrogen-bond acceptors (Lipinski definition) is 4. The number of pyridine rings is 1. The standard InChI is InChI=1S/C19H23N5O2/c20-16-9-8-15(13-21-16)23-17(25)19(10-4-5-11-19)24-18(26)22-12-14-6-2-1-3-7-14/h1-3,6-9,13H,4-5,10-12H2,(H2,20,21)(H,23,25)(H2,22,24,26). The summed E-state index contributed by atoms with van der Waals surface area (Å²) >= 11 is 0. The van der Waals surface area contributed by atoms with Gasteiger partial charge in [-0.2, -0.15) is 0 Å². The number of rotatable bonds is 5. The maximum Gasteiger partial charge on any atom is 0.315 e. The van der Waals surface area contributed by atoms with Crippen LogP contribution in [0.2, 0.25) is 0 Å². The van der Waals surface area contributed by atoms with Crippen molar-refractivity contribution in [2.24, 2.45) is 0 Å². The number of anilines is 2. The summed E-state index contributed by atoms with van der Waals surface area (Å²) in [4.78, 5) is 29.1. The van der Waals surface area contributed by atoms with E-state index in [4.69, 9.17) is 5.73 Å². The number of nitrogens with zero attached hydrogens (tertiary/aromatic N) is 1. The number of aromatic nitrogens is 1. The molecule has 0 saturated heterocycles. The summed E-state index contributed by atoms with van der Waals surface area (Å²) in [6, 6.07) is 12.6. The van der Waals surface area contributed by atoms with Gasteiger partial charge in [0.15, 0.2) is 0 Å². The fourth-order valence-corrected chi connectivity index (χ4v) is 3.16. The van der Waals surface area contributed by atoms with Crippen LogP contribution >= 0.6 is 0 Å². The predicted octanol–water partition coefficient (Wildman–Crippen LogP) is 2.41. The Balaban J connectivity index is 1.62. The molecule has 1 fully saturated rings. The Labute approximate surface area is 152 Å². The molecule has 1 saturated carbocycles. The summed E-state index contributed by atoms with van der Waals surface area (Å²) in [5.41, 5.74) is 6.22. The molecule has 7 nitrogen and oxygen atoms in total. The summed E-state index contributed by atoms with van der Waals surface area (Å²) in [7, 11) is 0. The number of nitrogens with two attached hydrogens (primary N) is 1. The van der Waals surface area contributed by atoms with Gasteiger partial charge in [-0.25, -0.2) is 9.78 Å². The van der Waals surface area contributed by atoms with Crippen LogP contribution in [0.3, 0.4) is 0 Å². The second kappa shape index (κ2) is 7.86. The van der Waals surface area contributed by atoms with Gasteiger partial charge in [0.05, 0.1) is 11.9 Å². The van der Waals surface area contributed by atoms with E-state index in [0.717, 1.165) is 18.4 Å². The number of nitrogens with one attached hydrogen (secondary N) is 3. The number of urea groups is 1. The first-order chi connectivity index (χ1) is 12.6. The SMILES string of the molecule is Nc1ccc(NC(=O)C2(NC(=O)NCc3ccccc3)CCCC2)cn1. The van der Waals surface area contributed by atoms with Gasteiger partial charge in [-0.3, -0.25) is 4.79 Å². The Bertz CT molecular complexity index is 755. The van der Waals surface area contributed by atoms with Gasteiger partial charge in [0.1, 0.15) is 11.4 Å². The molecule has 136 valence electrons. The molecule has 1 aromatic carbocycles. The van der Waals surface area contributed by atoms with E-state index in [1.54, 1.807) is 12.1 Å². The average molecular weight is 353 g/mol. The van der Waals surface area contributed by atoms with E-state index in [1.807, 2.05) is 30.3 Å². The second-order valence-corrected chi connectivity index (χ2v) is 6.51. The van der Waals surface area contributed by atoms with E-state index in [9.17, 15) is 9.59 Å². The molecule has 0 unspecified atom stereocenters. The summed E-state index contributed by atoms with van der Waals surface area (Å²) in [6.07, 6.45) is 4.52. The minimum absolute atomic E-state index is 0.226. The van der Waals surface area contributed by atoms with Crippen molar-refractivity contribution in [1.82, 2.24) is 15.6 Å². The highest BCUT2D eigenvalue weighted by atomic mass is 16.2. The summed E-state index contributed by atoms with van der Waals surface area (Å²) in [6.45, 7) is 0.409. The Morgan fingerprint density at radius 2 is 1.81 bits per heavy atom. The third-order valence-electron chi connectivity index (χ3n) is 4.58. The van der Waals surface area contributed by atoms with Gasteiger partial charge < -0.3 is 21.7 Å². The fourth-order valence-electron chi connectivity index (χ4n) is 3.16. The van der Waals surface area contributed by atoms with Crippen molar-refractivity contribution >= 4 is 23.4 Å². The number of benzene rings is 1. The van der Waals surface area contributed by atoms with Gasteiger partial charge in [-0.15, -0.1) is 0 Å². The zero-order valence-electron chi connectivity index (χ0n) is 14.5. The molecule has 3 amide bonds. The fraction of sp³-hybridized carbons (Fsp3) is 0.316. The molecule has 0 spiro atoms.